The molecule has 0 saturated heterocycles. The van der Waals surface area contributed by atoms with Crippen LogP contribution in [0.2, 0.25) is 0 Å². The first-order chi connectivity index (χ1) is 10.5. The summed E-state index contributed by atoms with van der Waals surface area (Å²) in [4.78, 5) is 34.7. The minimum atomic E-state index is -0.412. The molecular weight excluding hydrogens is 286 g/mol. The number of hydrogen-bond donors (Lipinski definition) is 1. The van der Waals surface area contributed by atoms with Gasteiger partial charge in [-0.2, -0.15) is 0 Å². The van der Waals surface area contributed by atoms with Crippen LogP contribution in [-0.4, -0.2) is 31.1 Å². The van der Waals surface area contributed by atoms with E-state index in [9.17, 15) is 14.4 Å². The van der Waals surface area contributed by atoms with E-state index >= 15 is 0 Å². The number of carbonyl (C=O) groups is 3. The topological polar surface area (TPSA) is 81.7 Å². The van der Waals surface area contributed by atoms with Crippen molar-refractivity contribution in [1.29, 1.82) is 0 Å². The van der Waals surface area contributed by atoms with Gasteiger partial charge in [0.15, 0.2) is 6.61 Å². The molecule has 2 rings (SSSR count). The van der Waals surface area contributed by atoms with E-state index in [1.165, 1.54) is 0 Å². The van der Waals surface area contributed by atoms with Crippen molar-refractivity contribution < 1.29 is 23.9 Å². The molecule has 1 amide bonds. The number of nitrogens with one attached hydrogen (secondary N) is 1. The fourth-order valence-corrected chi connectivity index (χ4v) is 2.00. The van der Waals surface area contributed by atoms with Gasteiger partial charge in [0.05, 0.1) is 18.1 Å². The number of hydrogen-bond acceptors (Lipinski definition) is 5. The average Bonchev–Trinajstić information content (AvgIpc) is 3.23. The summed E-state index contributed by atoms with van der Waals surface area (Å²) in [5.74, 6) is -0.846. The van der Waals surface area contributed by atoms with Crippen molar-refractivity contribution >= 4 is 23.5 Å². The normalized spacial score (nSPS) is 19.2. The average molecular weight is 305 g/mol. The van der Waals surface area contributed by atoms with Crippen molar-refractivity contribution in [2.45, 2.75) is 20.3 Å². The van der Waals surface area contributed by atoms with Crippen LogP contribution in [0.1, 0.15) is 30.6 Å². The second kappa shape index (κ2) is 7.06. The third kappa shape index (κ3) is 4.31. The maximum atomic E-state index is 11.7. The zero-order chi connectivity index (χ0) is 16.1. The summed E-state index contributed by atoms with van der Waals surface area (Å²) in [6.45, 7) is 3.71. The number of anilines is 1. The lowest BCUT2D eigenvalue weighted by Gasteiger charge is -2.07. The molecule has 0 spiro atoms. The van der Waals surface area contributed by atoms with E-state index < -0.39 is 11.9 Å². The zero-order valence-corrected chi connectivity index (χ0v) is 12.6. The van der Waals surface area contributed by atoms with Gasteiger partial charge in [0.25, 0.3) is 5.91 Å². The molecule has 118 valence electrons. The Morgan fingerprint density at radius 1 is 1.18 bits per heavy atom. The first kappa shape index (κ1) is 16.0. The van der Waals surface area contributed by atoms with Crippen LogP contribution >= 0.6 is 0 Å². The molecule has 1 aromatic carbocycles. The monoisotopic (exact) mass is 305 g/mol. The van der Waals surface area contributed by atoms with E-state index in [0.717, 1.165) is 6.42 Å². The molecule has 0 heterocycles. The summed E-state index contributed by atoms with van der Waals surface area (Å²) in [5, 5.41) is 2.60. The molecule has 0 unspecified atom stereocenters. The Bertz CT molecular complexity index is 566. The molecule has 0 aliphatic heterocycles. The summed E-state index contributed by atoms with van der Waals surface area (Å²) in [6.07, 6.45) is 0.829. The molecule has 1 fully saturated rings. The van der Waals surface area contributed by atoms with E-state index in [-0.39, 0.29) is 18.5 Å². The molecule has 1 aliphatic rings. The van der Waals surface area contributed by atoms with Gasteiger partial charge in [-0.05, 0) is 43.5 Å². The zero-order valence-electron chi connectivity index (χ0n) is 12.6. The molecule has 6 nitrogen and oxygen atoms in total. The number of amides is 1. The van der Waals surface area contributed by atoms with Crippen molar-refractivity contribution in [3.63, 3.8) is 0 Å². The third-order valence-electron chi connectivity index (χ3n) is 3.44. The van der Waals surface area contributed by atoms with Crippen LogP contribution in [0.15, 0.2) is 24.3 Å². The Balaban J connectivity index is 1.79. The highest BCUT2D eigenvalue weighted by Crippen LogP contribution is 2.38. The van der Waals surface area contributed by atoms with Gasteiger partial charge < -0.3 is 14.8 Å². The highest BCUT2D eigenvalue weighted by Gasteiger charge is 2.40. The van der Waals surface area contributed by atoms with Gasteiger partial charge in [-0.25, -0.2) is 4.79 Å². The molecule has 0 aromatic heterocycles. The Morgan fingerprint density at radius 3 is 2.36 bits per heavy atom. The number of ether oxygens (including phenoxy) is 2. The lowest BCUT2D eigenvalue weighted by molar-refractivity contribution is -0.148. The van der Waals surface area contributed by atoms with E-state index in [1.807, 2.05) is 6.92 Å². The van der Waals surface area contributed by atoms with Crippen molar-refractivity contribution in [2.24, 2.45) is 11.8 Å². The molecule has 1 N–H and O–H groups in total. The molecule has 1 aromatic rings. The Kier molecular flexibility index (Phi) is 5.14. The van der Waals surface area contributed by atoms with Gasteiger partial charge >= 0.3 is 11.9 Å². The fraction of sp³-hybridized carbons (Fsp3) is 0.438. The maximum absolute atomic E-state index is 11.7. The molecular formula is C16H19NO5. The molecule has 2 atom stereocenters. The van der Waals surface area contributed by atoms with Crippen LogP contribution in [0.5, 0.6) is 0 Å². The molecule has 6 heteroatoms. The second-order valence-corrected chi connectivity index (χ2v) is 5.27. The smallest absolute Gasteiger partial charge is 0.338 e. The van der Waals surface area contributed by atoms with Gasteiger partial charge in [0.1, 0.15) is 0 Å². The van der Waals surface area contributed by atoms with Crippen LogP contribution in [0.25, 0.3) is 0 Å². The Labute approximate surface area is 128 Å². The highest BCUT2D eigenvalue weighted by atomic mass is 16.5. The van der Waals surface area contributed by atoms with Gasteiger partial charge in [-0.3, -0.25) is 9.59 Å². The van der Waals surface area contributed by atoms with E-state index in [4.69, 9.17) is 9.47 Å². The van der Waals surface area contributed by atoms with Crippen molar-refractivity contribution in [3.8, 4) is 0 Å². The lowest BCUT2D eigenvalue weighted by atomic mass is 10.2. The summed E-state index contributed by atoms with van der Waals surface area (Å²) in [5.41, 5.74) is 0.933. The van der Waals surface area contributed by atoms with E-state index in [0.29, 0.717) is 23.8 Å². The van der Waals surface area contributed by atoms with E-state index in [1.54, 1.807) is 31.2 Å². The van der Waals surface area contributed by atoms with Crippen LogP contribution < -0.4 is 5.32 Å². The molecule has 0 bridgehead atoms. The van der Waals surface area contributed by atoms with Gasteiger partial charge in [-0.15, -0.1) is 0 Å². The maximum Gasteiger partial charge on any atom is 0.338 e. The van der Waals surface area contributed by atoms with Crippen LogP contribution in [-0.2, 0) is 19.1 Å². The first-order valence-electron chi connectivity index (χ1n) is 7.25. The van der Waals surface area contributed by atoms with Crippen LogP contribution in [0.4, 0.5) is 5.69 Å². The number of esters is 2. The van der Waals surface area contributed by atoms with Crippen molar-refractivity contribution in [2.75, 3.05) is 18.5 Å². The standard InChI is InChI=1S/C16H19NO5/c1-3-21-15(19)11-4-6-12(7-5-11)17-14(18)9-22-16(20)13-8-10(13)2/h4-7,10,13H,3,8-9H2,1-2H3,(H,17,18)/t10-,13+/m0/s1. The largest absolute Gasteiger partial charge is 0.462 e. The first-order valence-corrected chi connectivity index (χ1v) is 7.25. The molecule has 22 heavy (non-hydrogen) atoms. The third-order valence-corrected chi connectivity index (χ3v) is 3.44. The number of rotatable bonds is 6. The predicted octanol–water partition coefficient (Wildman–Crippen LogP) is 2.00. The number of carbonyl (C=O) groups excluding carboxylic acids is 3. The minimum absolute atomic E-state index is 0.0586. The van der Waals surface area contributed by atoms with Crippen LogP contribution in [0.3, 0.4) is 0 Å². The molecule has 1 saturated carbocycles. The summed E-state index contributed by atoms with van der Waals surface area (Å²) in [6, 6.07) is 6.31. The molecule has 0 radical (unpaired) electrons. The van der Waals surface area contributed by atoms with Crippen molar-refractivity contribution in [1.82, 2.24) is 0 Å². The molecule has 1 aliphatic carbocycles. The Morgan fingerprint density at radius 2 is 1.82 bits per heavy atom. The predicted molar refractivity (Wildman–Crippen MR) is 79.3 cm³/mol. The Hall–Kier alpha value is -2.37. The lowest BCUT2D eigenvalue weighted by Crippen LogP contribution is -2.21. The highest BCUT2D eigenvalue weighted by molar-refractivity contribution is 5.94. The summed E-state index contributed by atoms with van der Waals surface area (Å²) < 4.78 is 9.81. The number of benzene rings is 1. The fourth-order valence-electron chi connectivity index (χ4n) is 2.00. The quantitative estimate of drug-likeness (QED) is 0.813. The van der Waals surface area contributed by atoms with Gasteiger partial charge in [0.2, 0.25) is 0 Å². The van der Waals surface area contributed by atoms with E-state index in [2.05, 4.69) is 5.32 Å². The van der Waals surface area contributed by atoms with Gasteiger partial charge in [-0.1, -0.05) is 6.92 Å². The van der Waals surface area contributed by atoms with Gasteiger partial charge in [0, 0.05) is 5.69 Å². The second-order valence-electron chi connectivity index (χ2n) is 5.27. The summed E-state index contributed by atoms with van der Waals surface area (Å²) in [7, 11) is 0. The van der Waals surface area contributed by atoms with Crippen LogP contribution in [0, 0.1) is 11.8 Å². The SMILES string of the molecule is CCOC(=O)c1ccc(NC(=O)COC(=O)[C@@H]2C[C@@H]2C)cc1. The minimum Gasteiger partial charge on any atom is -0.462 e. The summed E-state index contributed by atoms with van der Waals surface area (Å²) >= 11 is 0. The van der Waals surface area contributed by atoms with Crippen molar-refractivity contribution in [3.05, 3.63) is 29.8 Å².